The maximum atomic E-state index is 12.2. The van der Waals surface area contributed by atoms with Crippen LogP contribution in [-0.4, -0.2) is 21.2 Å². The Morgan fingerprint density at radius 3 is 3.00 bits per heavy atom. The molecule has 3 aromatic rings. The number of anilines is 1. The van der Waals surface area contributed by atoms with Gasteiger partial charge in [0.2, 0.25) is 5.91 Å². The van der Waals surface area contributed by atoms with Gasteiger partial charge in [-0.2, -0.15) is 0 Å². The summed E-state index contributed by atoms with van der Waals surface area (Å²) in [4.78, 5) is 29.6. The fourth-order valence-corrected chi connectivity index (χ4v) is 3.88. The molecular formula is C17H17N3O2S2. The van der Waals surface area contributed by atoms with E-state index in [0.717, 1.165) is 12.1 Å². The van der Waals surface area contributed by atoms with Gasteiger partial charge in [0.15, 0.2) is 5.16 Å². The van der Waals surface area contributed by atoms with Crippen LogP contribution in [0.1, 0.15) is 12.5 Å². The first-order valence-electron chi connectivity index (χ1n) is 7.54. The van der Waals surface area contributed by atoms with Gasteiger partial charge in [-0.1, -0.05) is 30.8 Å². The number of amides is 1. The molecule has 0 atom stereocenters. The van der Waals surface area contributed by atoms with Crippen LogP contribution in [0.15, 0.2) is 45.7 Å². The average Bonchev–Trinajstić information content (AvgIpc) is 3.05. The van der Waals surface area contributed by atoms with Gasteiger partial charge in [-0.05, 0) is 35.6 Å². The van der Waals surface area contributed by atoms with E-state index in [9.17, 15) is 9.59 Å². The number of thiophene rings is 1. The van der Waals surface area contributed by atoms with Crippen molar-refractivity contribution in [2.45, 2.75) is 18.5 Å². The number of thioether (sulfide) groups is 1. The van der Waals surface area contributed by atoms with E-state index in [1.54, 1.807) is 13.1 Å². The first kappa shape index (κ1) is 16.7. The number of nitrogens with one attached hydrogen (secondary N) is 1. The zero-order chi connectivity index (χ0) is 17.1. The van der Waals surface area contributed by atoms with Crippen molar-refractivity contribution in [3.63, 3.8) is 0 Å². The van der Waals surface area contributed by atoms with Crippen molar-refractivity contribution in [1.29, 1.82) is 0 Å². The van der Waals surface area contributed by atoms with Crippen molar-refractivity contribution in [1.82, 2.24) is 9.55 Å². The van der Waals surface area contributed by atoms with E-state index in [-0.39, 0.29) is 17.2 Å². The molecule has 1 amide bonds. The van der Waals surface area contributed by atoms with Crippen molar-refractivity contribution in [2.24, 2.45) is 7.05 Å². The van der Waals surface area contributed by atoms with Gasteiger partial charge in [-0.25, -0.2) is 4.98 Å². The molecule has 0 spiro atoms. The Balaban J connectivity index is 1.70. The normalized spacial score (nSPS) is 10.9. The van der Waals surface area contributed by atoms with Gasteiger partial charge in [-0.15, -0.1) is 11.3 Å². The van der Waals surface area contributed by atoms with E-state index in [2.05, 4.69) is 17.2 Å². The molecule has 1 aromatic carbocycles. The lowest BCUT2D eigenvalue weighted by Crippen LogP contribution is -2.20. The van der Waals surface area contributed by atoms with Gasteiger partial charge < -0.3 is 5.32 Å². The van der Waals surface area contributed by atoms with Crippen LogP contribution < -0.4 is 10.9 Å². The molecule has 1 N–H and O–H groups in total. The SMILES string of the molecule is CCc1cccc(NC(=O)CSc2nc3sccc3c(=O)n2C)c1. The van der Waals surface area contributed by atoms with Gasteiger partial charge in [-0.3, -0.25) is 14.2 Å². The first-order chi connectivity index (χ1) is 11.6. The van der Waals surface area contributed by atoms with E-state index in [1.807, 2.05) is 29.6 Å². The Hall–Kier alpha value is -2.12. The highest BCUT2D eigenvalue weighted by Crippen LogP contribution is 2.20. The second-order valence-corrected chi connectivity index (χ2v) is 7.13. The molecule has 5 nitrogen and oxygen atoms in total. The molecule has 0 aliphatic rings. The van der Waals surface area contributed by atoms with Gasteiger partial charge >= 0.3 is 0 Å². The smallest absolute Gasteiger partial charge is 0.262 e. The Kier molecular flexibility index (Phi) is 5.01. The summed E-state index contributed by atoms with van der Waals surface area (Å²) in [5.74, 6) is 0.0850. The maximum absolute atomic E-state index is 12.2. The van der Waals surface area contributed by atoms with Crippen molar-refractivity contribution < 1.29 is 4.79 Å². The van der Waals surface area contributed by atoms with E-state index < -0.39 is 0 Å². The number of carbonyl (C=O) groups is 1. The number of benzene rings is 1. The molecule has 2 heterocycles. The highest BCUT2D eigenvalue weighted by Gasteiger charge is 2.11. The summed E-state index contributed by atoms with van der Waals surface area (Å²) in [6.45, 7) is 2.07. The largest absolute Gasteiger partial charge is 0.325 e. The van der Waals surface area contributed by atoms with Gasteiger partial charge in [0, 0.05) is 12.7 Å². The van der Waals surface area contributed by atoms with Crippen molar-refractivity contribution in [2.75, 3.05) is 11.1 Å². The summed E-state index contributed by atoms with van der Waals surface area (Å²) in [5, 5.41) is 5.90. The second-order valence-electron chi connectivity index (χ2n) is 5.29. The van der Waals surface area contributed by atoms with Crippen LogP contribution in [0.3, 0.4) is 0 Å². The Labute approximate surface area is 147 Å². The number of hydrogen-bond acceptors (Lipinski definition) is 5. The molecule has 0 unspecified atom stereocenters. The van der Waals surface area contributed by atoms with Crippen molar-refractivity contribution >= 4 is 44.9 Å². The molecule has 0 fully saturated rings. The van der Waals surface area contributed by atoms with E-state index in [4.69, 9.17) is 0 Å². The third kappa shape index (κ3) is 3.52. The molecule has 0 aliphatic heterocycles. The second kappa shape index (κ2) is 7.19. The molecule has 3 rings (SSSR count). The van der Waals surface area contributed by atoms with E-state index in [1.165, 1.54) is 33.2 Å². The van der Waals surface area contributed by atoms with Crippen molar-refractivity contribution in [3.8, 4) is 0 Å². The number of aryl methyl sites for hydroxylation is 1. The Morgan fingerprint density at radius 2 is 2.21 bits per heavy atom. The maximum Gasteiger partial charge on any atom is 0.262 e. The third-order valence-electron chi connectivity index (χ3n) is 3.62. The summed E-state index contributed by atoms with van der Waals surface area (Å²) in [6.07, 6.45) is 0.922. The van der Waals surface area contributed by atoms with Crippen LogP contribution in [0.5, 0.6) is 0 Å². The molecule has 0 saturated heterocycles. The minimum Gasteiger partial charge on any atom is -0.325 e. The van der Waals surface area contributed by atoms with Gasteiger partial charge in [0.1, 0.15) is 4.83 Å². The zero-order valence-corrected chi connectivity index (χ0v) is 15.0. The summed E-state index contributed by atoms with van der Waals surface area (Å²) in [6, 6.07) is 9.57. The highest BCUT2D eigenvalue weighted by molar-refractivity contribution is 7.99. The number of nitrogens with zero attached hydrogens (tertiary/aromatic N) is 2. The summed E-state index contributed by atoms with van der Waals surface area (Å²) >= 11 is 2.69. The topological polar surface area (TPSA) is 64.0 Å². The highest BCUT2D eigenvalue weighted by atomic mass is 32.2. The third-order valence-corrected chi connectivity index (χ3v) is 5.45. The first-order valence-corrected chi connectivity index (χ1v) is 9.41. The molecule has 0 radical (unpaired) electrons. The van der Waals surface area contributed by atoms with Crippen LogP contribution >= 0.6 is 23.1 Å². The fourth-order valence-electron chi connectivity index (χ4n) is 2.31. The Morgan fingerprint density at radius 1 is 1.38 bits per heavy atom. The average molecular weight is 359 g/mol. The predicted octanol–water partition coefficient (Wildman–Crippen LogP) is 3.29. The molecule has 0 aliphatic carbocycles. The lowest BCUT2D eigenvalue weighted by Gasteiger charge is -2.08. The van der Waals surface area contributed by atoms with E-state index in [0.29, 0.717) is 15.4 Å². The summed E-state index contributed by atoms with van der Waals surface area (Å²) in [7, 11) is 1.68. The number of carbonyl (C=O) groups excluding carboxylic acids is 1. The minimum absolute atomic E-state index is 0.0835. The van der Waals surface area contributed by atoms with Gasteiger partial charge in [0.05, 0.1) is 11.1 Å². The molecule has 2 aromatic heterocycles. The molecule has 0 saturated carbocycles. The molecule has 0 bridgehead atoms. The minimum atomic E-state index is -0.117. The lowest BCUT2D eigenvalue weighted by atomic mass is 10.1. The van der Waals surface area contributed by atoms with E-state index >= 15 is 0 Å². The van der Waals surface area contributed by atoms with Gasteiger partial charge in [0.25, 0.3) is 5.56 Å². The van der Waals surface area contributed by atoms with Crippen LogP contribution in [-0.2, 0) is 18.3 Å². The standard InChI is InChI=1S/C17H17N3O2S2/c1-3-11-5-4-6-12(9-11)18-14(21)10-24-17-19-15-13(7-8-23-15)16(22)20(17)2/h4-9H,3,10H2,1-2H3,(H,18,21). The number of fused-ring (bicyclic) bond motifs is 1. The van der Waals surface area contributed by atoms with Crippen LogP contribution in [0.25, 0.3) is 10.2 Å². The molecule has 24 heavy (non-hydrogen) atoms. The van der Waals surface area contributed by atoms with Crippen LogP contribution in [0.2, 0.25) is 0 Å². The fraction of sp³-hybridized carbons (Fsp3) is 0.235. The number of hydrogen-bond donors (Lipinski definition) is 1. The van der Waals surface area contributed by atoms with Crippen LogP contribution in [0.4, 0.5) is 5.69 Å². The zero-order valence-electron chi connectivity index (χ0n) is 13.4. The lowest BCUT2D eigenvalue weighted by molar-refractivity contribution is -0.113. The summed E-state index contributed by atoms with van der Waals surface area (Å²) < 4.78 is 1.49. The summed E-state index contributed by atoms with van der Waals surface area (Å²) in [5.41, 5.74) is 1.88. The molecular weight excluding hydrogens is 342 g/mol. The number of aromatic nitrogens is 2. The number of rotatable bonds is 5. The van der Waals surface area contributed by atoms with Crippen LogP contribution in [0, 0.1) is 0 Å². The quantitative estimate of drug-likeness (QED) is 0.561. The van der Waals surface area contributed by atoms with Crippen molar-refractivity contribution in [3.05, 3.63) is 51.6 Å². The Bertz CT molecular complexity index is 946. The predicted molar refractivity (Wildman–Crippen MR) is 100 cm³/mol. The monoisotopic (exact) mass is 359 g/mol. The molecule has 7 heteroatoms. The molecule has 124 valence electrons.